The van der Waals surface area contributed by atoms with Gasteiger partial charge in [-0.15, -0.1) is 17.9 Å². The summed E-state index contributed by atoms with van der Waals surface area (Å²) in [6, 6.07) is 8.66. The van der Waals surface area contributed by atoms with Gasteiger partial charge in [0, 0.05) is 42.9 Å². The number of benzene rings is 1. The largest absolute Gasteiger partial charge is 0.383 e. The average molecular weight is 304 g/mol. The molecule has 0 fully saturated rings. The van der Waals surface area contributed by atoms with Crippen LogP contribution in [-0.2, 0) is 17.8 Å². The van der Waals surface area contributed by atoms with Crippen LogP contribution in [-0.4, -0.2) is 38.8 Å². The van der Waals surface area contributed by atoms with Crippen molar-refractivity contribution in [2.45, 2.75) is 13.1 Å². The predicted octanol–water partition coefficient (Wildman–Crippen LogP) is 3.26. The van der Waals surface area contributed by atoms with Gasteiger partial charge in [-0.2, -0.15) is 0 Å². The number of hydrogen-bond acceptors (Lipinski definition) is 4. The number of thiophene rings is 1. The Labute approximate surface area is 131 Å². The van der Waals surface area contributed by atoms with E-state index in [4.69, 9.17) is 4.74 Å². The molecule has 0 aliphatic carbocycles. The van der Waals surface area contributed by atoms with Crippen molar-refractivity contribution in [1.82, 2.24) is 10.2 Å². The zero-order valence-corrected chi connectivity index (χ0v) is 13.7. The maximum Gasteiger partial charge on any atom is 0.0589 e. The van der Waals surface area contributed by atoms with E-state index in [1.165, 1.54) is 20.5 Å². The van der Waals surface area contributed by atoms with E-state index in [9.17, 15) is 0 Å². The van der Waals surface area contributed by atoms with Crippen LogP contribution in [0.3, 0.4) is 0 Å². The lowest BCUT2D eigenvalue weighted by Crippen LogP contribution is -2.27. The summed E-state index contributed by atoms with van der Waals surface area (Å²) in [5.74, 6) is 0. The molecular weight excluding hydrogens is 280 g/mol. The quantitative estimate of drug-likeness (QED) is 0.720. The molecule has 1 aromatic heterocycles. The minimum Gasteiger partial charge on any atom is -0.383 e. The molecule has 0 radical (unpaired) electrons. The minimum absolute atomic E-state index is 0.747. The van der Waals surface area contributed by atoms with Crippen molar-refractivity contribution in [3.8, 4) is 0 Å². The number of hydrogen-bond donors (Lipinski definition) is 1. The first-order chi connectivity index (χ1) is 10.3. The summed E-state index contributed by atoms with van der Waals surface area (Å²) in [7, 11) is 3.75. The molecule has 0 bridgehead atoms. The van der Waals surface area contributed by atoms with Gasteiger partial charge in [-0.3, -0.25) is 4.90 Å². The first-order valence-electron chi connectivity index (χ1n) is 7.26. The maximum absolute atomic E-state index is 5.22. The lowest BCUT2D eigenvalue weighted by molar-refractivity contribution is 0.151. The average Bonchev–Trinajstić information content (AvgIpc) is 2.83. The Morgan fingerprint density at radius 3 is 2.90 bits per heavy atom. The van der Waals surface area contributed by atoms with Crippen LogP contribution < -0.4 is 5.32 Å². The van der Waals surface area contributed by atoms with Gasteiger partial charge in [0.1, 0.15) is 0 Å². The van der Waals surface area contributed by atoms with Gasteiger partial charge in [0.25, 0.3) is 0 Å². The fraction of sp³-hybridized carbons (Fsp3) is 0.412. The molecule has 21 heavy (non-hydrogen) atoms. The van der Waals surface area contributed by atoms with E-state index in [0.29, 0.717) is 0 Å². The van der Waals surface area contributed by atoms with Gasteiger partial charge in [0.15, 0.2) is 0 Å². The van der Waals surface area contributed by atoms with Crippen LogP contribution in [0.4, 0.5) is 0 Å². The molecule has 0 unspecified atom stereocenters. The van der Waals surface area contributed by atoms with Crippen LogP contribution in [0.1, 0.15) is 10.4 Å². The fourth-order valence-corrected chi connectivity index (χ4v) is 3.72. The van der Waals surface area contributed by atoms with E-state index < -0.39 is 0 Å². The second-order valence-corrected chi connectivity index (χ2v) is 6.18. The van der Waals surface area contributed by atoms with E-state index in [-0.39, 0.29) is 0 Å². The Morgan fingerprint density at radius 1 is 1.38 bits per heavy atom. The zero-order chi connectivity index (χ0) is 15.1. The second kappa shape index (κ2) is 8.29. The Balaban J connectivity index is 2.28. The van der Waals surface area contributed by atoms with Crippen LogP contribution in [0.2, 0.25) is 0 Å². The molecule has 2 rings (SSSR count). The fourth-order valence-electron chi connectivity index (χ4n) is 2.49. The molecule has 0 saturated heterocycles. The van der Waals surface area contributed by atoms with Crippen molar-refractivity contribution >= 4 is 21.4 Å². The number of nitrogens with one attached hydrogen (secondary N) is 1. The highest BCUT2D eigenvalue weighted by Gasteiger charge is 2.14. The van der Waals surface area contributed by atoms with Gasteiger partial charge in [-0.25, -0.2) is 0 Å². The third-order valence-electron chi connectivity index (χ3n) is 3.50. The van der Waals surface area contributed by atoms with E-state index in [1.807, 2.05) is 24.5 Å². The van der Waals surface area contributed by atoms with Crippen molar-refractivity contribution in [2.75, 3.05) is 33.9 Å². The Kier molecular flexibility index (Phi) is 6.39. The van der Waals surface area contributed by atoms with Crippen LogP contribution in [0, 0.1) is 0 Å². The molecule has 0 aliphatic rings. The molecule has 0 atom stereocenters. The highest BCUT2D eigenvalue weighted by molar-refractivity contribution is 7.19. The minimum atomic E-state index is 0.747. The molecule has 1 aromatic carbocycles. The van der Waals surface area contributed by atoms with Gasteiger partial charge in [-0.05, 0) is 24.1 Å². The highest BCUT2D eigenvalue weighted by atomic mass is 32.1. The van der Waals surface area contributed by atoms with Crippen molar-refractivity contribution in [2.24, 2.45) is 0 Å². The number of nitrogens with zero attached hydrogens (tertiary/aromatic N) is 1. The molecule has 3 nitrogen and oxygen atoms in total. The number of rotatable bonds is 9. The third kappa shape index (κ3) is 4.14. The summed E-state index contributed by atoms with van der Waals surface area (Å²) >= 11 is 1.89. The highest BCUT2D eigenvalue weighted by Crippen LogP contribution is 2.32. The molecule has 0 saturated carbocycles. The first-order valence-corrected chi connectivity index (χ1v) is 8.07. The van der Waals surface area contributed by atoms with E-state index in [2.05, 4.69) is 41.1 Å². The molecule has 4 heteroatoms. The van der Waals surface area contributed by atoms with Gasteiger partial charge in [0.2, 0.25) is 0 Å². The van der Waals surface area contributed by atoms with Crippen molar-refractivity contribution in [3.05, 3.63) is 47.4 Å². The van der Waals surface area contributed by atoms with Crippen molar-refractivity contribution in [1.29, 1.82) is 0 Å². The standard InChI is InChI=1S/C17H24N2OS/c1-4-9-19(10-11-20-3)13-15-14-7-5-6-8-16(14)21-17(15)12-18-2/h4-8,18H,1,9-13H2,2-3H3. The first kappa shape index (κ1) is 16.2. The molecule has 2 aromatic rings. The zero-order valence-electron chi connectivity index (χ0n) is 12.9. The van der Waals surface area contributed by atoms with Crippen molar-refractivity contribution < 1.29 is 4.74 Å². The van der Waals surface area contributed by atoms with Crippen LogP contribution >= 0.6 is 11.3 Å². The van der Waals surface area contributed by atoms with Crippen LogP contribution in [0.15, 0.2) is 36.9 Å². The topological polar surface area (TPSA) is 24.5 Å². The normalized spacial score (nSPS) is 11.4. The third-order valence-corrected chi connectivity index (χ3v) is 4.71. The molecular formula is C17H24N2OS. The van der Waals surface area contributed by atoms with E-state index >= 15 is 0 Å². The monoisotopic (exact) mass is 304 g/mol. The van der Waals surface area contributed by atoms with Gasteiger partial charge >= 0.3 is 0 Å². The molecule has 0 aliphatic heterocycles. The lowest BCUT2D eigenvalue weighted by Gasteiger charge is -2.21. The van der Waals surface area contributed by atoms with Gasteiger partial charge in [-0.1, -0.05) is 24.3 Å². The number of methoxy groups -OCH3 is 1. The Morgan fingerprint density at radius 2 is 2.19 bits per heavy atom. The van der Waals surface area contributed by atoms with Crippen LogP contribution in [0.25, 0.3) is 10.1 Å². The van der Waals surface area contributed by atoms with Gasteiger partial charge < -0.3 is 10.1 Å². The van der Waals surface area contributed by atoms with Gasteiger partial charge in [0.05, 0.1) is 6.61 Å². The SMILES string of the molecule is C=CCN(CCOC)Cc1c(CNC)sc2ccccc12. The number of ether oxygens (including phenoxy) is 1. The summed E-state index contributed by atoms with van der Waals surface area (Å²) in [5, 5.41) is 4.66. The Bertz CT molecular complexity index is 579. The molecule has 114 valence electrons. The summed E-state index contributed by atoms with van der Waals surface area (Å²) in [5.41, 5.74) is 1.43. The van der Waals surface area contributed by atoms with E-state index in [1.54, 1.807) is 7.11 Å². The molecule has 0 amide bonds. The van der Waals surface area contributed by atoms with Crippen molar-refractivity contribution in [3.63, 3.8) is 0 Å². The Hall–Kier alpha value is -1.20. The molecule has 1 N–H and O–H groups in total. The van der Waals surface area contributed by atoms with Crippen LogP contribution in [0.5, 0.6) is 0 Å². The number of fused-ring (bicyclic) bond motifs is 1. The lowest BCUT2D eigenvalue weighted by atomic mass is 10.1. The maximum atomic E-state index is 5.22. The predicted molar refractivity (Wildman–Crippen MR) is 91.9 cm³/mol. The summed E-state index contributed by atoms with van der Waals surface area (Å²) in [6.45, 7) is 8.28. The van der Waals surface area contributed by atoms with E-state index in [0.717, 1.165) is 32.8 Å². The molecule has 0 spiro atoms. The summed E-state index contributed by atoms with van der Waals surface area (Å²) < 4.78 is 6.58. The summed E-state index contributed by atoms with van der Waals surface area (Å²) in [4.78, 5) is 3.80. The second-order valence-electron chi connectivity index (χ2n) is 5.05. The summed E-state index contributed by atoms with van der Waals surface area (Å²) in [6.07, 6.45) is 1.96. The molecule has 1 heterocycles. The smallest absolute Gasteiger partial charge is 0.0589 e.